The number of piperidine rings is 1. The summed E-state index contributed by atoms with van der Waals surface area (Å²) in [6.07, 6.45) is 9.08. The molecule has 0 aromatic carbocycles. The predicted octanol–water partition coefficient (Wildman–Crippen LogP) is 2.28. The molecule has 22 heavy (non-hydrogen) atoms. The molecule has 0 spiro atoms. The molecule has 1 saturated carbocycles. The van der Waals surface area contributed by atoms with Gasteiger partial charge < -0.3 is 15.0 Å². The molecule has 1 unspecified atom stereocenters. The van der Waals surface area contributed by atoms with Gasteiger partial charge in [0, 0.05) is 31.5 Å². The molecular weight excluding hydrogens is 296 g/mol. The Morgan fingerprint density at radius 2 is 1.95 bits per heavy atom. The molecule has 3 rings (SSSR count). The van der Waals surface area contributed by atoms with E-state index in [0.29, 0.717) is 23.8 Å². The van der Waals surface area contributed by atoms with Gasteiger partial charge in [-0.3, -0.25) is 4.79 Å². The lowest BCUT2D eigenvalue weighted by atomic mass is 10.0. The smallest absolute Gasteiger partial charge is 0.232 e. The van der Waals surface area contributed by atoms with Crippen molar-refractivity contribution in [3.05, 3.63) is 0 Å². The highest BCUT2D eigenvalue weighted by Gasteiger charge is 2.26. The van der Waals surface area contributed by atoms with Gasteiger partial charge in [0.05, 0.1) is 11.9 Å². The van der Waals surface area contributed by atoms with E-state index in [4.69, 9.17) is 4.74 Å². The van der Waals surface area contributed by atoms with Crippen LogP contribution in [0.5, 0.6) is 0 Å². The summed E-state index contributed by atoms with van der Waals surface area (Å²) >= 11 is 1.75. The Hall–Kier alpha value is -0.260. The predicted molar refractivity (Wildman–Crippen MR) is 91.2 cm³/mol. The van der Waals surface area contributed by atoms with E-state index in [1.165, 1.54) is 38.6 Å². The molecule has 2 heterocycles. The van der Waals surface area contributed by atoms with Gasteiger partial charge in [0.2, 0.25) is 5.91 Å². The van der Waals surface area contributed by atoms with Crippen LogP contribution in [0.3, 0.4) is 0 Å². The Morgan fingerprint density at radius 1 is 1.14 bits per heavy atom. The summed E-state index contributed by atoms with van der Waals surface area (Å²) in [6.45, 7) is 3.96. The van der Waals surface area contributed by atoms with Gasteiger partial charge in [-0.2, -0.15) is 0 Å². The van der Waals surface area contributed by atoms with Gasteiger partial charge in [0.1, 0.15) is 0 Å². The Balaban J connectivity index is 1.26. The molecule has 0 radical (unpaired) electrons. The molecule has 1 amide bonds. The fourth-order valence-corrected chi connectivity index (χ4v) is 4.30. The van der Waals surface area contributed by atoms with E-state index >= 15 is 0 Å². The van der Waals surface area contributed by atoms with Crippen LogP contribution in [-0.2, 0) is 9.53 Å². The number of hydrogen-bond donors (Lipinski definition) is 1. The van der Waals surface area contributed by atoms with E-state index in [1.807, 2.05) is 0 Å². The molecule has 2 aliphatic heterocycles. The SMILES string of the molecule is O=C(CSCC1CCCCO1)N1CCC(NCC2CC2)CC1. The molecule has 0 aromatic rings. The first-order valence-electron chi connectivity index (χ1n) is 9.02. The number of thioether (sulfide) groups is 1. The van der Waals surface area contributed by atoms with Gasteiger partial charge in [-0.15, -0.1) is 11.8 Å². The number of ether oxygens (including phenoxy) is 1. The highest BCUT2D eigenvalue weighted by molar-refractivity contribution is 7.99. The van der Waals surface area contributed by atoms with E-state index in [1.54, 1.807) is 11.8 Å². The van der Waals surface area contributed by atoms with E-state index in [2.05, 4.69) is 10.2 Å². The Morgan fingerprint density at radius 3 is 2.64 bits per heavy atom. The standard InChI is InChI=1S/C17H30N2O2S/c20-17(13-22-12-16-3-1-2-10-21-16)19-8-6-15(7-9-19)18-11-14-4-5-14/h14-16,18H,1-13H2. The number of carbonyl (C=O) groups excluding carboxylic acids is 1. The van der Waals surface area contributed by atoms with Crippen LogP contribution >= 0.6 is 11.8 Å². The van der Waals surface area contributed by atoms with Crippen molar-refractivity contribution in [2.24, 2.45) is 5.92 Å². The topological polar surface area (TPSA) is 41.6 Å². The molecule has 126 valence electrons. The number of hydrogen-bond acceptors (Lipinski definition) is 4. The second-order valence-electron chi connectivity index (χ2n) is 7.01. The first-order valence-corrected chi connectivity index (χ1v) is 10.2. The zero-order chi connectivity index (χ0) is 15.2. The fraction of sp³-hybridized carbons (Fsp3) is 0.941. The highest BCUT2D eigenvalue weighted by Crippen LogP contribution is 2.28. The van der Waals surface area contributed by atoms with Crippen LogP contribution in [-0.4, -0.2) is 60.7 Å². The van der Waals surface area contributed by atoms with Crippen LogP contribution in [0.25, 0.3) is 0 Å². The molecule has 1 atom stereocenters. The summed E-state index contributed by atoms with van der Waals surface area (Å²) in [5.41, 5.74) is 0. The summed E-state index contributed by atoms with van der Waals surface area (Å²) in [4.78, 5) is 14.3. The first-order chi connectivity index (χ1) is 10.8. The van der Waals surface area contributed by atoms with Crippen molar-refractivity contribution in [1.82, 2.24) is 10.2 Å². The third-order valence-corrected chi connectivity index (χ3v) is 6.10. The number of rotatable bonds is 7. The van der Waals surface area contributed by atoms with Crippen LogP contribution < -0.4 is 5.32 Å². The number of nitrogens with one attached hydrogen (secondary N) is 1. The Labute approximate surface area is 138 Å². The normalized spacial score (nSPS) is 27.1. The minimum Gasteiger partial charge on any atom is -0.377 e. The quantitative estimate of drug-likeness (QED) is 0.779. The minimum atomic E-state index is 0.321. The summed E-state index contributed by atoms with van der Waals surface area (Å²) in [5, 5.41) is 3.67. The van der Waals surface area contributed by atoms with Gasteiger partial charge in [-0.05, 0) is 57.4 Å². The second-order valence-corrected chi connectivity index (χ2v) is 8.04. The van der Waals surface area contributed by atoms with Gasteiger partial charge in [0.25, 0.3) is 0 Å². The molecule has 5 heteroatoms. The van der Waals surface area contributed by atoms with Crippen molar-refractivity contribution >= 4 is 17.7 Å². The van der Waals surface area contributed by atoms with Gasteiger partial charge in [-0.1, -0.05) is 0 Å². The largest absolute Gasteiger partial charge is 0.377 e. The Kier molecular flexibility index (Phi) is 6.45. The molecule has 3 fully saturated rings. The van der Waals surface area contributed by atoms with Crippen molar-refractivity contribution in [1.29, 1.82) is 0 Å². The van der Waals surface area contributed by atoms with E-state index in [0.717, 1.165) is 44.2 Å². The van der Waals surface area contributed by atoms with E-state index < -0.39 is 0 Å². The van der Waals surface area contributed by atoms with Crippen LogP contribution in [0.2, 0.25) is 0 Å². The molecule has 1 N–H and O–H groups in total. The molecule has 1 aliphatic carbocycles. The van der Waals surface area contributed by atoms with Gasteiger partial charge >= 0.3 is 0 Å². The minimum absolute atomic E-state index is 0.321. The average Bonchev–Trinajstić information content (AvgIpc) is 3.39. The average molecular weight is 327 g/mol. The summed E-state index contributed by atoms with van der Waals surface area (Å²) in [5.74, 6) is 2.87. The van der Waals surface area contributed by atoms with Crippen LogP contribution in [0.4, 0.5) is 0 Å². The number of amides is 1. The second kappa shape index (κ2) is 8.55. The lowest BCUT2D eigenvalue weighted by Crippen LogP contribution is -2.46. The van der Waals surface area contributed by atoms with Crippen LogP contribution in [0.1, 0.15) is 44.9 Å². The van der Waals surface area contributed by atoms with E-state index in [-0.39, 0.29) is 0 Å². The highest BCUT2D eigenvalue weighted by atomic mass is 32.2. The zero-order valence-corrected chi connectivity index (χ0v) is 14.4. The van der Waals surface area contributed by atoms with Crippen LogP contribution in [0, 0.1) is 5.92 Å². The number of carbonyl (C=O) groups is 1. The lowest BCUT2D eigenvalue weighted by Gasteiger charge is -2.32. The molecule has 0 bridgehead atoms. The van der Waals surface area contributed by atoms with Crippen molar-refractivity contribution in [2.45, 2.75) is 57.1 Å². The number of likely N-dealkylation sites (tertiary alicyclic amines) is 1. The molecule has 3 aliphatic rings. The maximum atomic E-state index is 12.3. The molecule has 4 nitrogen and oxygen atoms in total. The summed E-state index contributed by atoms with van der Waals surface area (Å²) in [6, 6.07) is 0.632. The lowest BCUT2D eigenvalue weighted by molar-refractivity contribution is -0.129. The number of nitrogens with zero attached hydrogens (tertiary/aromatic N) is 1. The van der Waals surface area contributed by atoms with Crippen molar-refractivity contribution in [2.75, 3.05) is 37.7 Å². The molecule has 2 saturated heterocycles. The molecular formula is C17H30N2O2S. The van der Waals surface area contributed by atoms with E-state index in [9.17, 15) is 4.79 Å². The summed E-state index contributed by atoms with van der Waals surface area (Å²) < 4.78 is 5.72. The third-order valence-electron chi connectivity index (χ3n) is 5.04. The first kappa shape index (κ1) is 16.6. The summed E-state index contributed by atoms with van der Waals surface area (Å²) in [7, 11) is 0. The van der Waals surface area contributed by atoms with Crippen LogP contribution in [0.15, 0.2) is 0 Å². The maximum Gasteiger partial charge on any atom is 0.232 e. The monoisotopic (exact) mass is 326 g/mol. The fourth-order valence-electron chi connectivity index (χ4n) is 3.30. The zero-order valence-electron chi connectivity index (χ0n) is 13.6. The third kappa shape index (κ3) is 5.43. The van der Waals surface area contributed by atoms with Crippen molar-refractivity contribution in [3.63, 3.8) is 0 Å². The van der Waals surface area contributed by atoms with Crippen molar-refractivity contribution < 1.29 is 9.53 Å². The Bertz CT molecular complexity index is 349. The van der Waals surface area contributed by atoms with Crippen molar-refractivity contribution in [3.8, 4) is 0 Å². The van der Waals surface area contributed by atoms with Gasteiger partial charge in [0.15, 0.2) is 0 Å². The maximum absolute atomic E-state index is 12.3. The molecule has 0 aromatic heterocycles. The van der Waals surface area contributed by atoms with Gasteiger partial charge in [-0.25, -0.2) is 0 Å².